The summed E-state index contributed by atoms with van der Waals surface area (Å²) in [7, 11) is 4.08. The average Bonchev–Trinajstić information content (AvgIpc) is 3.41. The van der Waals surface area contributed by atoms with Gasteiger partial charge in [-0.25, -0.2) is 4.79 Å². The maximum absolute atomic E-state index is 12.9. The van der Waals surface area contributed by atoms with Gasteiger partial charge in [-0.15, -0.1) is 0 Å². The zero-order valence-electron chi connectivity index (χ0n) is 15.6. The lowest BCUT2D eigenvalue weighted by Crippen LogP contribution is -2.49. The minimum absolute atomic E-state index is 0.0413. The zero-order valence-corrected chi connectivity index (χ0v) is 16.4. The molecule has 1 aromatic rings. The van der Waals surface area contributed by atoms with Crippen LogP contribution in [-0.2, 0) is 0 Å². The van der Waals surface area contributed by atoms with Crippen LogP contribution in [0, 0.1) is 12.8 Å². The van der Waals surface area contributed by atoms with Crippen LogP contribution >= 0.6 is 11.6 Å². The van der Waals surface area contributed by atoms with Gasteiger partial charge in [0.1, 0.15) is 0 Å². The van der Waals surface area contributed by atoms with Crippen LogP contribution < -0.4 is 5.32 Å². The third-order valence-corrected chi connectivity index (χ3v) is 6.21. The SMILES string of the molecule is Cc1c(Cl)cccc1C(CC1CC1)NC(=O)N(C)C1CCN(C)CC1. The van der Waals surface area contributed by atoms with Gasteiger partial charge in [0, 0.05) is 18.1 Å². The van der Waals surface area contributed by atoms with Crippen molar-refractivity contribution in [1.82, 2.24) is 15.1 Å². The Morgan fingerprint density at radius 1 is 1.32 bits per heavy atom. The first kappa shape index (κ1) is 18.5. The van der Waals surface area contributed by atoms with Crippen LogP contribution in [0.1, 0.15) is 49.3 Å². The van der Waals surface area contributed by atoms with E-state index >= 15 is 0 Å². The standard InChI is InChI=1S/C20H30ClN3O/c1-14-17(5-4-6-18(14)21)19(13-15-7-8-15)22-20(25)24(3)16-9-11-23(2)12-10-16/h4-6,15-16,19H,7-13H2,1-3H3,(H,22,25). The molecule has 1 atom stereocenters. The summed E-state index contributed by atoms with van der Waals surface area (Å²) < 4.78 is 0. The van der Waals surface area contributed by atoms with E-state index in [4.69, 9.17) is 11.6 Å². The number of carbonyl (C=O) groups excluding carboxylic acids is 1. The Balaban J connectivity index is 1.69. The van der Waals surface area contributed by atoms with Crippen molar-refractivity contribution in [3.8, 4) is 0 Å². The van der Waals surface area contributed by atoms with Gasteiger partial charge in [0.15, 0.2) is 0 Å². The molecule has 1 unspecified atom stereocenters. The lowest BCUT2D eigenvalue weighted by molar-refractivity contribution is 0.145. The summed E-state index contributed by atoms with van der Waals surface area (Å²) in [6.45, 7) is 4.16. The van der Waals surface area contributed by atoms with E-state index in [1.807, 2.05) is 31.0 Å². The lowest BCUT2D eigenvalue weighted by atomic mass is 9.96. The number of rotatable bonds is 5. The van der Waals surface area contributed by atoms with E-state index in [-0.39, 0.29) is 12.1 Å². The van der Waals surface area contributed by atoms with E-state index in [2.05, 4.69) is 23.3 Å². The van der Waals surface area contributed by atoms with Crippen LogP contribution in [0.15, 0.2) is 18.2 Å². The Morgan fingerprint density at radius 2 is 2.00 bits per heavy atom. The largest absolute Gasteiger partial charge is 0.331 e. The summed E-state index contributed by atoms with van der Waals surface area (Å²) in [5.74, 6) is 0.734. The number of urea groups is 1. The number of hydrogen-bond acceptors (Lipinski definition) is 2. The molecule has 2 fully saturated rings. The Morgan fingerprint density at radius 3 is 2.64 bits per heavy atom. The molecular formula is C20H30ClN3O. The van der Waals surface area contributed by atoms with Gasteiger partial charge in [-0.3, -0.25) is 0 Å². The maximum atomic E-state index is 12.9. The number of benzene rings is 1. The summed E-state index contributed by atoms with van der Waals surface area (Å²) in [5.41, 5.74) is 2.24. The molecule has 1 N–H and O–H groups in total. The third kappa shape index (κ3) is 4.68. The highest BCUT2D eigenvalue weighted by atomic mass is 35.5. The van der Waals surface area contributed by atoms with Crippen LogP contribution in [0.4, 0.5) is 4.79 Å². The number of nitrogens with one attached hydrogen (secondary N) is 1. The van der Waals surface area contributed by atoms with Crippen molar-refractivity contribution in [3.63, 3.8) is 0 Å². The first-order valence-electron chi connectivity index (χ1n) is 9.42. The van der Waals surface area contributed by atoms with E-state index < -0.39 is 0 Å². The topological polar surface area (TPSA) is 35.6 Å². The quantitative estimate of drug-likeness (QED) is 0.849. The predicted octanol–water partition coefficient (Wildman–Crippen LogP) is 4.23. The first-order valence-corrected chi connectivity index (χ1v) is 9.80. The number of halogens is 1. The first-order chi connectivity index (χ1) is 12.0. The molecule has 5 heteroatoms. The molecule has 1 aliphatic carbocycles. The average molecular weight is 364 g/mol. The molecule has 0 bridgehead atoms. The van der Waals surface area contributed by atoms with E-state index in [1.54, 1.807) is 0 Å². The minimum Gasteiger partial charge on any atom is -0.331 e. The molecule has 1 aliphatic heterocycles. The van der Waals surface area contributed by atoms with Crippen molar-refractivity contribution < 1.29 is 4.79 Å². The number of likely N-dealkylation sites (tertiary alicyclic amines) is 1. The van der Waals surface area contributed by atoms with Gasteiger partial charge >= 0.3 is 6.03 Å². The molecule has 1 heterocycles. The van der Waals surface area contributed by atoms with Crippen molar-refractivity contribution in [2.24, 2.45) is 5.92 Å². The molecule has 4 nitrogen and oxygen atoms in total. The Bertz CT molecular complexity index is 609. The molecule has 3 rings (SSSR count). The Kier molecular flexibility index (Phi) is 5.90. The van der Waals surface area contributed by atoms with Gasteiger partial charge in [0.2, 0.25) is 0 Å². The fraction of sp³-hybridized carbons (Fsp3) is 0.650. The maximum Gasteiger partial charge on any atom is 0.317 e. The van der Waals surface area contributed by atoms with E-state index in [1.165, 1.54) is 12.8 Å². The Labute approximate surface area is 156 Å². The number of piperidine rings is 1. The zero-order chi connectivity index (χ0) is 18.0. The molecule has 0 radical (unpaired) electrons. The molecule has 1 aromatic carbocycles. The second kappa shape index (κ2) is 7.96. The summed E-state index contributed by atoms with van der Waals surface area (Å²) in [5, 5.41) is 4.07. The minimum atomic E-state index is 0.0413. The summed E-state index contributed by atoms with van der Waals surface area (Å²) in [4.78, 5) is 17.1. The Hall–Kier alpha value is -1.26. The normalized spacial score (nSPS) is 20.3. The molecule has 0 spiro atoms. The number of carbonyl (C=O) groups is 1. The molecular weight excluding hydrogens is 334 g/mol. The third-order valence-electron chi connectivity index (χ3n) is 5.80. The number of amides is 2. The fourth-order valence-electron chi connectivity index (χ4n) is 3.75. The van der Waals surface area contributed by atoms with Crippen molar-refractivity contribution in [3.05, 3.63) is 34.3 Å². The molecule has 0 aromatic heterocycles. The number of hydrogen-bond donors (Lipinski definition) is 1. The molecule has 1 saturated heterocycles. The number of nitrogens with zero attached hydrogens (tertiary/aromatic N) is 2. The van der Waals surface area contributed by atoms with Gasteiger partial charge in [-0.2, -0.15) is 0 Å². The van der Waals surface area contributed by atoms with Crippen molar-refractivity contribution in [2.45, 2.75) is 51.1 Å². The lowest BCUT2D eigenvalue weighted by Gasteiger charge is -2.36. The van der Waals surface area contributed by atoms with Crippen LogP contribution in [0.5, 0.6) is 0 Å². The van der Waals surface area contributed by atoms with Crippen LogP contribution in [0.25, 0.3) is 0 Å². The van der Waals surface area contributed by atoms with Gasteiger partial charge in [-0.05, 0) is 69.4 Å². The molecule has 1 saturated carbocycles. The molecule has 2 amide bonds. The van der Waals surface area contributed by atoms with Crippen LogP contribution in [-0.4, -0.2) is 49.1 Å². The van der Waals surface area contributed by atoms with E-state index in [9.17, 15) is 4.79 Å². The highest BCUT2D eigenvalue weighted by molar-refractivity contribution is 6.31. The van der Waals surface area contributed by atoms with Gasteiger partial charge < -0.3 is 15.1 Å². The fourth-order valence-corrected chi connectivity index (χ4v) is 3.93. The second-order valence-corrected chi connectivity index (χ2v) is 8.19. The van der Waals surface area contributed by atoms with Crippen LogP contribution in [0.2, 0.25) is 5.02 Å². The summed E-state index contributed by atoms with van der Waals surface area (Å²) >= 11 is 6.32. The highest BCUT2D eigenvalue weighted by Crippen LogP contribution is 2.39. The smallest absolute Gasteiger partial charge is 0.317 e. The van der Waals surface area contributed by atoms with E-state index in [0.29, 0.717) is 6.04 Å². The van der Waals surface area contributed by atoms with Crippen LogP contribution in [0.3, 0.4) is 0 Å². The van der Waals surface area contributed by atoms with Gasteiger partial charge in [-0.1, -0.05) is 36.6 Å². The van der Waals surface area contributed by atoms with Crippen molar-refractivity contribution in [1.29, 1.82) is 0 Å². The van der Waals surface area contributed by atoms with E-state index in [0.717, 1.165) is 54.4 Å². The van der Waals surface area contributed by atoms with Gasteiger partial charge in [0.05, 0.1) is 6.04 Å². The monoisotopic (exact) mass is 363 g/mol. The van der Waals surface area contributed by atoms with Gasteiger partial charge in [0.25, 0.3) is 0 Å². The highest BCUT2D eigenvalue weighted by Gasteiger charge is 2.30. The second-order valence-electron chi connectivity index (χ2n) is 7.78. The molecule has 138 valence electrons. The summed E-state index contributed by atoms with van der Waals surface area (Å²) in [6, 6.07) is 6.42. The summed E-state index contributed by atoms with van der Waals surface area (Å²) in [6.07, 6.45) is 5.65. The van der Waals surface area contributed by atoms with Crippen molar-refractivity contribution in [2.75, 3.05) is 27.2 Å². The van der Waals surface area contributed by atoms with Crippen molar-refractivity contribution >= 4 is 17.6 Å². The predicted molar refractivity (Wildman–Crippen MR) is 103 cm³/mol. The molecule has 25 heavy (non-hydrogen) atoms. The molecule has 2 aliphatic rings.